The maximum absolute atomic E-state index is 8.49. The fourth-order valence-electron chi connectivity index (χ4n) is 5.30. The Morgan fingerprint density at radius 2 is 1.30 bits per heavy atom. The van der Waals surface area contributed by atoms with Gasteiger partial charge in [0.25, 0.3) is 5.82 Å². The van der Waals surface area contributed by atoms with Crippen molar-refractivity contribution >= 4 is 6.21 Å². The molecule has 0 aromatic carbocycles. The Balaban J connectivity index is 0.000000461. The van der Waals surface area contributed by atoms with Crippen LogP contribution in [0.3, 0.4) is 0 Å². The molecule has 1 aromatic heterocycles. The van der Waals surface area contributed by atoms with Crippen molar-refractivity contribution < 1.29 is 33.4 Å². The lowest BCUT2D eigenvalue weighted by molar-refractivity contribution is -2.00. The summed E-state index contributed by atoms with van der Waals surface area (Å²) >= 11 is 0. The Morgan fingerprint density at radius 3 is 1.87 bits per heavy atom. The van der Waals surface area contributed by atoms with E-state index in [9.17, 15) is 0 Å². The van der Waals surface area contributed by atoms with Crippen molar-refractivity contribution in [3.8, 4) is 0 Å². The molecule has 3 aliphatic carbocycles. The molecule has 0 spiro atoms. The van der Waals surface area contributed by atoms with Crippen molar-refractivity contribution in [2.75, 3.05) is 0 Å². The topological polar surface area (TPSA) is 113 Å². The zero-order valence-electron chi connectivity index (χ0n) is 17.9. The van der Waals surface area contributed by atoms with Crippen molar-refractivity contribution in [2.45, 2.75) is 114 Å². The second-order valence-electron chi connectivity index (χ2n) is 9.00. The maximum atomic E-state index is 8.49. The maximum Gasteiger partial charge on any atom is 0.300 e. The summed E-state index contributed by atoms with van der Waals surface area (Å²) in [6, 6.07) is 1.97. The Hall–Kier alpha value is -0.990. The van der Waals surface area contributed by atoms with Gasteiger partial charge >= 0.3 is 0 Å². The number of aliphatic imine (C=N–C) groups is 1. The van der Waals surface area contributed by atoms with Crippen LogP contribution in [-0.4, -0.2) is 16.8 Å². The number of nitrogens with zero attached hydrogens (tertiary/aromatic N) is 3. The predicted octanol–water partition coefficient (Wildman–Crippen LogP) is 0.782. The van der Waals surface area contributed by atoms with Crippen molar-refractivity contribution in [2.24, 2.45) is 4.99 Å². The molecule has 4 rings (SSSR count). The molecule has 0 aliphatic heterocycles. The van der Waals surface area contributed by atoms with Gasteiger partial charge in [-0.2, -0.15) is 0 Å². The van der Waals surface area contributed by atoms with Gasteiger partial charge in [-0.15, -0.1) is 10.2 Å². The van der Waals surface area contributed by atoms with Crippen LogP contribution in [0, 0.1) is 10.2 Å². The minimum absolute atomic E-state index is 0.572. The van der Waals surface area contributed by atoms with Gasteiger partial charge in [0, 0.05) is 0 Å². The molecule has 3 fully saturated rings. The third-order valence-corrected chi connectivity index (χ3v) is 6.83. The lowest BCUT2D eigenvalue weighted by Crippen LogP contribution is -2.68. The first-order chi connectivity index (χ1) is 14.4. The molecule has 170 valence electrons. The highest BCUT2D eigenvalue weighted by atomic mass is 35.7. The molecule has 1 aromatic rings. The largest absolute Gasteiger partial charge is 0.300 e. The second-order valence-corrected chi connectivity index (χ2v) is 9.76. The van der Waals surface area contributed by atoms with E-state index in [-0.39, 0.29) is 0 Å². The Morgan fingerprint density at radius 1 is 0.800 bits per heavy atom. The van der Waals surface area contributed by atoms with Crippen LogP contribution in [0.25, 0.3) is 0 Å². The van der Waals surface area contributed by atoms with Crippen molar-refractivity contribution in [3.63, 3.8) is 0 Å². The quantitative estimate of drug-likeness (QED) is 0.507. The van der Waals surface area contributed by atoms with Crippen LogP contribution in [0.15, 0.2) is 17.4 Å². The van der Waals surface area contributed by atoms with Gasteiger partial charge in [-0.1, -0.05) is 32.1 Å². The fourth-order valence-corrected chi connectivity index (χ4v) is 5.30. The van der Waals surface area contributed by atoms with Gasteiger partial charge in [0.15, 0.2) is 0 Å². The van der Waals surface area contributed by atoms with Gasteiger partial charge in [0.2, 0.25) is 0 Å². The molecule has 3 saturated carbocycles. The first-order valence-electron chi connectivity index (χ1n) is 11.7. The van der Waals surface area contributed by atoms with Gasteiger partial charge in [-0.3, -0.25) is 4.99 Å². The molecular weight excluding hydrogens is 406 g/mol. The smallest absolute Gasteiger partial charge is 0.281 e. The molecule has 8 heteroatoms. The molecular formula is C22H36ClN3O4. The van der Waals surface area contributed by atoms with E-state index in [2.05, 4.69) is 27.7 Å². The standard InChI is InChI=1S/C22H36N3.ClHO4/c1-4-10-19(11-5-1)23-18-22-24(20-12-6-2-7-13-20)16-17-25(22)21-14-8-3-9-15-21;2-1(3,4)5/h16-21H,1-15H2;(H,2,3,4,5)/q+1;/p-1. The summed E-state index contributed by atoms with van der Waals surface area (Å²) in [5.41, 5.74) is 0. The highest BCUT2D eigenvalue weighted by molar-refractivity contribution is 5.73. The van der Waals surface area contributed by atoms with Crippen LogP contribution >= 0.6 is 0 Å². The Bertz CT molecular complexity index is 614. The SMILES string of the molecule is C(=NC1CCCCC1)c1n(C2CCCCC2)cc[n+]1C1CCCCC1.[O-][Cl+3]([O-])([O-])[O-]. The molecule has 0 unspecified atom stereocenters. The van der Waals surface area contributed by atoms with Gasteiger partial charge in [-0.25, -0.2) is 27.8 Å². The summed E-state index contributed by atoms with van der Waals surface area (Å²) < 4.78 is 39.1. The van der Waals surface area contributed by atoms with Crippen molar-refractivity contribution in [3.05, 3.63) is 18.2 Å². The van der Waals surface area contributed by atoms with E-state index < -0.39 is 10.2 Å². The van der Waals surface area contributed by atoms with Crippen LogP contribution in [0.4, 0.5) is 0 Å². The summed E-state index contributed by atoms with van der Waals surface area (Å²) in [6.45, 7) is 0. The monoisotopic (exact) mass is 441 g/mol. The van der Waals surface area contributed by atoms with E-state index in [4.69, 9.17) is 23.6 Å². The zero-order valence-corrected chi connectivity index (χ0v) is 18.7. The normalized spacial score (nSPS) is 22.8. The molecule has 0 atom stereocenters. The molecule has 7 nitrogen and oxygen atoms in total. The first-order valence-corrected chi connectivity index (χ1v) is 12.9. The predicted molar refractivity (Wildman–Crippen MR) is 103 cm³/mol. The van der Waals surface area contributed by atoms with Crippen LogP contribution in [0.5, 0.6) is 0 Å². The average molecular weight is 442 g/mol. The number of imidazole rings is 1. The number of aromatic nitrogens is 2. The van der Waals surface area contributed by atoms with E-state index in [0.717, 1.165) is 0 Å². The van der Waals surface area contributed by atoms with Gasteiger partial charge < -0.3 is 0 Å². The summed E-state index contributed by atoms with van der Waals surface area (Å²) in [5, 5.41) is 0. The van der Waals surface area contributed by atoms with Gasteiger partial charge in [-0.05, 0) is 64.2 Å². The van der Waals surface area contributed by atoms with E-state index in [0.29, 0.717) is 18.1 Å². The Labute approximate surface area is 182 Å². The summed E-state index contributed by atoms with van der Waals surface area (Å²) in [5.74, 6) is 1.39. The van der Waals surface area contributed by atoms with Crippen molar-refractivity contribution in [1.82, 2.24) is 4.57 Å². The third-order valence-electron chi connectivity index (χ3n) is 6.83. The molecule has 0 amide bonds. The Kier molecular flexibility index (Phi) is 9.13. The lowest BCUT2D eigenvalue weighted by atomic mass is 9.94. The lowest BCUT2D eigenvalue weighted by Gasteiger charge is -2.22. The van der Waals surface area contributed by atoms with Crippen LogP contribution in [0.2, 0.25) is 0 Å². The summed E-state index contributed by atoms with van der Waals surface area (Å²) in [7, 11) is -4.94. The fraction of sp³-hybridized carbons (Fsp3) is 0.818. The number of hydrogen-bond donors (Lipinski definition) is 0. The molecule has 3 aliphatic rings. The summed E-state index contributed by atoms with van der Waals surface area (Å²) in [6.07, 6.45) is 27.6. The van der Waals surface area contributed by atoms with Crippen LogP contribution < -0.4 is 23.2 Å². The van der Waals surface area contributed by atoms with Gasteiger partial charge in [0.05, 0.1) is 6.04 Å². The zero-order chi connectivity index (χ0) is 21.4. The minimum atomic E-state index is -4.94. The summed E-state index contributed by atoms with van der Waals surface area (Å²) in [4.78, 5) is 5.07. The average Bonchev–Trinajstić information content (AvgIpc) is 3.17. The van der Waals surface area contributed by atoms with E-state index in [1.807, 2.05) is 0 Å². The number of halogens is 1. The molecule has 1 heterocycles. The highest BCUT2D eigenvalue weighted by Crippen LogP contribution is 2.30. The molecule has 30 heavy (non-hydrogen) atoms. The van der Waals surface area contributed by atoms with E-state index in [1.54, 1.807) is 0 Å². The minimum Gasteiger partial charge on any atom is -0.281 e. The second kappa shape index (κ2) is 11.6. The van der Waals surface area contributed by atoms with Crippen molar-refractivity contribution in [1.29, 1.82) is 0 Å². The molecule has 0 bridgehead atoms. The van der Waals surface area contributed by atoms with Crippen LogP contribution in [0.1, 0.15) is 114 Å². The number of rotatable bonds is 4. The number of hydrogen-bond acceptors (Lipinski definition) is 5. The third kappa shape index (κ3) is 7.61. The van der Waals surface area contributed by atoms with Crippen LogP contribution in [-0.2, 0) is 0 Å². The van der Waals surface area contributed by atoms with E-state index >= 15 is 0 Å². The van der Waals surface area contributed by atoms with Gasteiger partial charge in [0.1, 0.15) is 30.7 Å². The highest BCUT2D eigenvalue weighted by Gasteiger charge is 2.29. The molecule has 0 saturated heterocycles. The first kappa shape index (κ1) is 23.7. The van der Waals surface area contributed by atoms with E-state index in [1.165, 1.54) is 102 Å². The molecule has 0 radical (unpaired) electrons. The molecule has 0 N–H and O–H groups in total.